The van der Waals surface area contributed by atoms with Gasteiger partial charge in [0.15, 0.2) is 11.6 Å². The second-order valence-electron chi connectivity index (χ2n) is 3.91. The first-order valence-electron chi connectivity index (χ1n) is 5.58. The smallest absolute Gasteiger partial charge is 0.174 e. The molecule has 18 heavy (non-hydrogen) atoms. The fourth-order valence-corrected chi connectivity index (χ4v) is 1.68. The summed E-state index contributed by atoms with van der Waals surface area (Å²) in [4.78, 5) is 23.7. The maximum atomic E-state index is 11.9. The monoisotopic (exact) mass is 246 g/mol. The average molecular weight is 246 g/mol. The topological polar surface area (TPSA) is 54.4 Å². The van der Waals surface area contributed by atoms with Gasteiger partial charge in [-0.2, -0.15) is 0 Å². The van der Waals surface area contributed by atoms with Crippen LogP contribution in [0.2, 0.25) is 0 Å². The van der Waals surface area contributed by atoms with Crippen LogP contribution in [0.3, 0.4) is 0 Å². The summed E-state index contributed by atoms with van der Waals surface area (Å²) < 4.78 is 0. The quantitative estimate of drug-likeness (QED) is 0.666. The number of phenols is 1. The molecule has 0 radical (unpaired) electrons. The van der Waals surface area contributed by atoms with Crippen LogP contribution < -0.4 is 0 Å². The fourth-order valence-electron chi connectivity index (χ4n) is 1.68. The largest absolute Gasteiger partial charge is 0.507 e. The molecule has 2 aromatic carbocycles. The minimum absolute atomic E-state index is 0.0941. The Kier molecular flexibility index (Phi) is 3.53. The molecule has 0 fully saturated rings. The van der Waals surface area contributed by atoms with Crippen LogP contribution in [0.15, 0.2) is 54.6 Å². The zero-order valence-corrected chi connectivity index (χ0v) is 9.67. The van der Waals surface area contributed by atoms with Crippen molar-refractivity contribution >= 4 is 11.6 Å². The summed E-state index contributed by atoms with van der Waals surface area (Å²) >= 11 is 0. The van der Waals surface area contributed by atoms with Gasteiger partial charge in [0.25, 0.3) is 0 Å². The van der Waals surface area contributed by atoms with E-state index in [0.29, 0.717) is 5.56 Å². The van der Waals surface area contributed by atoms with Gasteiger partial charge in [-0.05, 0) is 12.1 Å². The highest BCUT2D eigenvalue weighted by atomic mass is 16.3. The van der Waals surface area contributed by atoms with E-state index in [2.05, 4.69) is 0 Å². The van der Waals surface area contributed by atoms with Crippen molar-refractivity contribution in [2.75, 3.05) is 0 Å². The van der Waals surface area contributed by atoms with Crippen molar-refractivity contribution in [1.82, 2.24) is 0 Å². The van der Waals surface area contributed by atoms with Crippen molar-refractivity contribution < 1.29 is 14.7 Å². The summed E-state index contributed by atoms with van der Waals surface area (Å²) in [5, 5.41) is 9.53. The van der Waals surface area contributed by atoms with E-state index in [0.717, 1.165) is 0 Å². The van der Waals surface area contributed by atoms with Crippen LogP contribution in [0.1, 0.15) is 27.1 Å². The highest BCUT2D eigenvalue weighted by Crippen LogP contribution is 2.18. The number of carbonyl (C=O) groups excluding carboxylic acids is 2. The first-order chi connectivity index (χ1) is 8.68. The molecule has 2 rings (SSSR count). The minimum Gasteiger partial charge on any atom is -0.507 e. The third-order valence-corrected chi connectivity index (χ3v) is 2.62. The third kappa shape index (κ3) is 2.63. The normalized spacial score (nSPS) is 10.0. The predicted octanol–water partition coefficient (Wildman–Crippen LogP) is 2.85. The molecule has 90 valence electrons. The summed E-state index contributed by atoms with van der Waals surface area (Å²) in [5.74, 6) is -0.714. The molecule has 0 bridgehead atoms. The van der Waals surface area contributed by atoms with Gasteiger partial charge in [0, 0.05) is 5.56 Å². The molecule has 0 aliphatic heterocycles. The Labute approximate surface area is 105 Å². The Bertz CT molecular complexity index is 573. The van der Waals surface area contributed by atoms with Crippen LogP contribution in [0.5, 0.6) is 5.75 Å². The molecular weight excluding hydrogens is 234 g/mol. The van der Waals surface area contributed by atoms with Gasteiger partial charge in [0.1, 0.15) is 5.75 Å². The van der Waals surface area contributed by atoms with Gasteiger partial charge in [-0.1, -0.05) is 42.5 Å². The Balaban J connectivity index is 2.14. The summed E-state index contributed by atoms with van der Waals surface area (Å²) in [7, 11) is 0. The minimum atomic E-state index is -0.373. The van der Waals surface area contributed by atoms with Crippen LogP contribution in [0, 0.1) is 0 Å². The van der Waals surface area contributed by atoms with E-state index >= 15 is 0 Å². The van der Waals surface area contributed by atoms with E-state index in [1.807, 2.05) is 6.07 Å². The van der Waals surface area contributed by atoms with Crippen molar-refractivity contribution in [2.24, 2.45) is 0 Å². The maximum absolute atomic E-state index is 11.9. The number of benzene rings is 2. The van der Waals surface area contributed by atoms with Crippen LogP contribution in [-0.2, 0) is 0 Å². The Morgan fingerprint density at radius 1 is 0.833 bits per heavy atom. The van der Waals surface area contributed by atoms with Crippen LogP contribution in [0.4, 0.5) is 0 Å². The number of hydrogen-bond donors (Lipinski definition) is 1. The molecule has 0 atom stereocenters. The summed E-state index contributed by atoms with van der Waals surface area (Å²) in [6.45, 7) is 0. The van der Waals surface area contributed by atoms with Gasteiger partial charge in [0.05, 0.1) is 12.0 Å². The van der Waals surface area contributed by atoms with E-state index in [1.54, 1.807) is 36.4 Å². The van der Waals surface area contributed by atoms with Gasteiger partial charge in [0.2, 0.25) is 0 Å². The van der Waals surface area contributed by atoms with Gasteiger partial charge >= 0.3 is 0 Å². The van der Waals surface area contributed by atoms with E-state index in [9.17, 15) is 14.7 Å². The molecule has 0 aromatic heterocycles. The lowest BCUT2D eigenvalue weighted by atomic mass is 10.1. The maximum Gasteiger partial charge on any atom is 0.174 e. The second-order valence-corrected chi connectivity index (χ2v) is 3.91. The number of rotatable bonds is 4. The number of Topliss-reactive ketones (excluding diaryl/α,β-unsaturated/α-hetero) is 2. The van der Waals surface area contributed by atoms with E-state index in [4.69, 9.17) is 0 Å². The molecule has 0 aliphatic rings. The molecule has 3 heteroatoms. The first kappa shape index (κ1) is 12.0. The molecule has 3 nitrogen and oxygen atoms in total. The van der Waals surface area contributed by atoms with E-state index in [1.165, 1.54) is 12.1 Å². The zero-order chi connectivity index (χ0) is 13.0. The highest BCUT2D eigenvalue weighted by Gasteiger charge is 2.15. The van der Waals surface area contributed by atoms with Gasteiger partial charge < -0.3 is 5.11 Å². The number of hydrogen-bond acceptors (Lipinski definition) is 3. The summed E-state index contributed by atoms with van der Waals surface area (Å²) in [5.41, 5.74) is 0.683. The fraction of sp³-hybridized carbons (Fsp3) is 0.0667. The zero-order valence-electron chi connectivity index (χ0n) is 9.67. The molecule has 2 aromatic rings. The van der Waals surface area contributed by atoms with Gasteiger partial charge in [-0.25, -0.2) is 0 Å². The van der Waals surface area contributed by atoms with E-state index in [-0.39, 0.29) is 29.3 Å². The molecule has 0 unspecified atom stereocenters. The van der Waals surface area contributed by atoms with Crippen molar-refractivity contribution in [1.29, 1.82) is 0 Å². The summed E-state index contributed by atoms with van der Waals surface area (Å²) in [6.07, 6.45) is -0.235. The second kappa shape index (κ2) is 5.27. The SMILES string of the molecule is O=C(CC(=O)[13c]1[13cH][13cH][13cH][13cH][13cH]1)c1ccccc1O. The molecule has 0 saturated carbocycles. The van der Waals surface area contributed by atoms with Crippen molar-refractivity contribution in [2.45, 2.75) is 6.42 Å². The molecule has 0 amide bonds. The van der Waals surface area contributed by atoms with Crippen molar-refractivity contribution in [3.05, 3.63) is 65.7 Å². The van der Waals surface area contributed by atoms with Crippen molar-refractivity contribution in [3.63, 3.8) is 0 Å². The number of para-hydroxylation sites is 1. The van der Waals surface area contributed by atoms with Crippen LogP contribution in [0.25, 0.3) is 0 Å². The summed E-state index contributed by atoms with van der Waals surface area (Å²) in [6, 6.07) is 14.9. The van der Waals surface area contributed by atoms with Crippen molar-refractivity contribution in [3.8, 4) is 5.75 Å². The van der Waals surface area contributed by atoms with E-state index < -0.39 is 0 Å². The average Bonchev–Trinajstić information content (AvgIpc) is 2.40. The molecule has 0 saturated heterocycles. The lowest BCUT2D eigenvalue weighted by Crippen LogP contribution is -2.08. The third-order valence-electron chi connectivity index (χ3n) is 2.62. The van der Waals surface area contributed by atoms with Gasteiger partial charge in [-0.15, -0.1) is 0 Å². The molecule has 0 heterocycles. The first-order valence-corrected chi connectivity index (χ1v) is 5.58. The lowest BCUT2D eigenvalue weighted by Gasteiger charge is -2.03. The lowest BCUT2D eigenvalue weighted by molar-refractivity contribution is 0.0893. The van der Waals surface area contributed by atoms with Crippen LogP contribution in [-0.4, -0.2) is 16.7 Å². The predicted molar refractivity (Wildman–Crippen MR) is 67.8 cm³/mol. The molecule has 1 N–H and O–H groups in total. The standard InChI is InChI=1S/C15H12O3/c16-13-9-5-4-8-12(13)15(18)10-14(17)11-6-2-1-3-7-11/h1-9,16H,10H2/i1+1,2+1,3+1,6+1,7+1,11+1. The highest BCUT2D eigenvalue weighted by molar-refractivity contribution is 6.14. The van der Waals surface area contributed by atoms with Gasteiger partial charge in [-0.3, -0.25) is 9.59 Å². The molecule has 0 spiro atoms. The number of carbonyl (C=O) groups is 2. The molecular formula is C15H12O3. The molecule has 0 aliphatic carbocycles. The van der Waals surface area contributed by atoms with Crippen LogP contribution >= 0.6 is 0 Å². The number of aromatic hydroxyl groups is 1. The Morgan fingerprint density at radius 3 is 2.11 bits per heavy atom. The Hall–Kier alpha value is -2.42. The number of phenolic OH excluding ortho intramolecular Hbond substituents is 1. The Morgan fingerprint density at radius 2 is 1.44 bits per heavy atom. The number of ketones is 2.